The van der Waals surface area contributed by atoms with Crippen LogP contribution in [0.25, 0.3) is 21.7 Å². The number of likely N-dealkylation sites (tertiary alicyclic amines) is 1. The zero-order valence-electron chi connectivity index (χ0n) is 15.3. The maximum Gasteiger partial charge on any atom is 0.256 e. The van der Waals surface area contributed by atoms with E-state index in [1.54, 1.807) is 12.4 Å². The molecule has 0 radical (unpaired) electrons. The maximum absolute atomic E-state index is 13.0. The molecule has 6 nitrogen and oxygen atoms in total. The van der Waals surface area contributed by atoms with E-state index in [0.29, 0.717) is 19.0 Å². The third-order valence-electron chi connectivity index (χ3n) is 5.36. The van der Waals surface area contributed by atoms with Gasteiger partial charge in [-0.3, -0.25) is 4.79 Å². The molecule has 0 bridgehead atoms. The Kier molecular flexibility index (Phi) is 4.16. The second-order valence-electron chi connectivity index (χ2n) is 7.09. The molecule has 0 atom stereocenters. The number of hydrogen-bond donors (Lipinski definition) is 1. The first kappa shape index (κ1) is 16.7. The molecule has 3 heterocycles. The van der Waals surface area contributed by atoms with E-state index in [9.17, 15) is 4.79 Å². The zero-order chi connectivity index (χ0) is 18.9. The quantitative estimate of drug-likeness (QED) is 0.594. The second kappa shape index (κ2) is 6.96. The van der Waals surface area contributed by atoms with Gasteiger partial charge in [-0.1, -0.05) is 36.4 Å². The van der Waals surface area contributed by atoms with Gasteiger partial charge in [0.1, 0.15) is 6.10 Å². The van der Waals surface area contributed by atoms with E-state index in [1.165, 1.54) is 0 Å². The number of aromatic nitrogens is 3. The Bertz CT molecular complexity index is 1140. The van der Waals surface area contributed by atoms with Crippen molar-refractivity contribution >= 4 is 27.6 Å². The van der Waals surface area contributed by atoms with Gasteiger partial charge in [0.25, 0.3) is 5.91 Å². The largest absolute Gasteiger partial charge is 0.473 e. The number of para-hydroxylation sites is 1. The number of nitrogens with one attached hydrogen (secondary N) is 1. The van der Waals surface area contributed by atoms with E-state index in [2.05, 4.69) is 15.2 Å². The lowest BCUT2D eigenvalue weighted by Crippen LogP contribution is -2.41. The Hall–Kier alpha value is -3.41. The molecule has 5 rings (SSSR count). The second-order valence-corrected chi connectivity index (χ2v) is 7.09. The summed E-state index contributed by atoms with van der Waals surface area (Å²) in [5.41, 5.74) is 1.72. The monoisotopic (exact) mass is 372 g/mol. The van der Waals surface area contributed by atoms with Crippen LogP contribution in [0.1, 0.15) is 23.2 Å². The molecule has 1 amide bonds. The molecule has 0 unspecified atom stereocenters. The normalized spacial score (nSPS) is 15.2. The standard InChI is InChI=1S/C22H20N4O2/c27-22(19-14-23-20-8-4-3-7-18(19)20)26-11-9-16(10-12-26)28-21-17-6-2-1-5-15(17)13-24-25-21/h1-8,13-14,16,23H,9-12H2. The predicted molar refractivity (Wildman–Crippen MR) is 107 cm³/mol. The Morgan fingerprint density at radius 2 is 1.79 bits per heavy atom. The summed E-state index contributed by atoms with van der Waals surface area (Å²) in [4.78, 5) is 18.0. The number of nitrogens with zero attached hydrogens (tertiary/aromatic N) is 3. The van der Waals surface area contributed by atoms with Gasteiger partial charge in [0, 0.05) is 53.8 Å². The van der Waals surface area contributed by atoms with Crippen LogP contribution in [-0.2, 0) is 0 Å². The summed E-state index contributed by atoms with van der Waals surface area (Å²) in [5.74, 6) is 0.639. The molecule has 1 aliphatic rings. The third kappa shape index (κ3) is 2.97. The van der Waals surface area contributed by atoms with Crippen LogP contribution in [0.2, 0.25) is 0 Å². The van der Waals surface area contributed by atoms with Crippen LogP contribution in [0.4, 0.5) is 0 Å². The fraction of sp³-hybridized carbons (Fsp3) is 0.227. The molecule has 0 saturated carbocycles. The van der Waals surface area contributed by atoms with Gasteiger partial charge in [0.15, 0.2) is 0 Å². The van der Waals surface area contributed by atoms with E-state index >= 15 is 0 Å². The van der Waals surface area contributed by atoms with Crippen LogP contribution < -0.4 is 4.74 Å². The number of hydrogen-bond acceptors (Lipinski definition) is 4. The van der Waals surface area contributed by atoms with Crippen molar-refractivity contribution in [1.82, 2.24) is 20.1 Å². The van der Waals surface area contributed by atoms with Crippen LogP contribution >= 0.6 is 0 Å². The minimum atomic E-state index is 0.0344. The Morgan fingerprint density at radius 3 is 2.64 bits per heavy atom. The molecule has 1 saturated heterocycles. The van der Waals surface area contributed by atoms with Gasteiger partial charge in [0.2, 0.25) is 5.88 Å². The summed E-state index contributed by atoms with van der Waals surface area (Å²) in [6.07, 6.45) is 5.14. The summed E-state index contributed by atoms with van der Waals surface area (Å²) >= 11 is 0. The van der Waals surface area contributed by atoms with Gasteiger partial charge < -0.3 is 14.6 Å². The number of H-pyrrole nitrogens is 1. The minimum Gasteiger partial charge on any atom is -0.473 e. The first-order valence-corrected chi connectivity index (χ1v) is 9.52. The average Bonchev–Trinajstić information content (AvgIpc) is 3.18. The summed E-state index contributed by atoms with van der Waals surface area (Å²) < 4.78 is 6.14. The number of aromatic amines is 1. The molecule has 1 N–H and O–H groups in total. The maximum atomic E-state index is 13.0. The molecule has 28 heavy (non-hydrogen) atoms. The lowest BCUT2D eigenvalue weighted by Gasteiger charge is -2.32. The number of amides is 1. The number of ether oxygens (including phenoxy) is 1. The SMILES string of the molecule is O=C(c1c[nH]c2ccccc12)N1CCC(Oc2nncc3ccccc23)CC1. The van der Waals surface area contributed by atoms with Crippen molar-refractivity contribution in [2.75, 3.05) is 13.1 Å². The Morgan fingerprint density at radius 1 is 1.04 bits per heavy atom. The first-order chi connectivity index (χ1) is 13.8. The van der Waals surface area contributed by atoms with Crippen molar-refractivity contribution in [3.63, 3.8) is 0 Å². The van der Waals surface area contributed by atoms with E-state index in [-0.39, 0.29) is 12.0 Å². The number of carbonyl (C=O) groups excluding carboxylic acids is 1. The van der Waals surface area contributed by atoms with Crippen molar-refractivity contribution in [1.29, 1.82) is 0 Å². The summed E-state index contributed by atoms with van der Waals surface area (Å²) in [6.45, 7) is 1.34. The van der Waals surface area contributed by atoms with Crippen LogP contribution in [0.5, 0.6) is 5.88 Å². The van der Waals surface area contributed by atoms with E-state index < -0.39 is 0 Å². The highest BCUT2D eigenvalue weighted by atomic mass is 16.5. The molecule has 6 heteroatoms. The number of rotatable bonds is 3. The van der Waals surface area contributed by atoms with Crippen LogP contribution in [0.15, 0.2) is 60.9 Å². The van der Waals surface area contributed by atoms with Crippen LogP contribution in [-0.4, -0.2) is 45.2 Å². The lowest BCUT2D eigenvalue weighted by molar-refractivity contribution is 0.0591. The molecule has 4 aromatic rings. The molecule has 0 aliphatic carbocycles. The Labute approximate surface area is 162 Å². The van der Waals surface area contributed by atoms with Crippen molar-refractivity contribution in [2.24, 2.45) is 0 Å². The number of piperidine rings is 1. The number of benzene rings is 2. The molecular formula is C22H20N4O2. The van der Waals surface area contributed by atoms with Gasteiger partial charge in [-0.2, -0.15) is 5.10 Å². The smallest absolute Gasteiger partial charge is 0.256 e. The first-order valence-electron chi connectivity index (χ1n) is 9.52. The third-order valence-corrected chi connectivity index (χ3v) is 5.36. The summed E-state index contributed by atoms with van der Waals surface area (Å²) in [6, 6.07) is 15.8. The number of fused-ring (bicyclic) bond motifs is 2. The predicted octanol–water partition coefficient (Wildman–Crippen LogP) is 3.79. The van der Waals surface area contributed by atoms with Crippen molar-refractivity contribution in [3.8, 4) is 5.88 Å². The van der Waals surface area contributed by atoms with E-state index in [1.807, 2.05) is 53.4 Å². The van der Waals surface area contributed by atoms with E-state index in [0.717, 1.165) is 40.1 Å². The lowest BCUT2D eigenvalue weighted by atomic mass is 10.1. The van der Waals surface area contributed by atoms with Crippen molar-refractivity contribution in [2.45, 2.75) is 18.9 Å². The Balaban J connectivity index is 1.28. The molecule has 1 fully saturated rings. The molecule has 0 spiro atoms. The topological polar surface area (TPSA) is 71.1 Å². The highest BCUT2D eigenvalue weighted by Crippen LogP contribution is 2.26. The molecule has 2 aromatic carbocycles. The highest BCUT2D eigenvalue weighted by molar-refractivity contribution is 6.06. The molecule has 1 aliphatic heterocycles. The van der Waals surface area contributed by atoms with Gasteiger partial charge >= 0.3 is 0 Å². The van der Waals surface area contributed by atoms with Gasteiger partial charge in [-0.05, 0) is 12.1 Å². The van der Waals surface area contributed by atoms with Crippen molar-refractivity contribution < 1.29 is 9.53 Å². The van der Waals surface area contributed by atoms with Gasteiger partial charge in [-0.25, -0.2) is 0 Å². The molecule has 2 aromatic heterocycles. The number of carbonyl (C=O) groups is 1. The fourth-order valence-electron chi connectivity index (χ4n) is 3.84. The minimum absolute atomic E-state index is 0.0344. The van der Waals surface area contributed by atoms with E-state index in [4.69, 9.17) is 4.74 Å². The van der Waals surface area contributed by atoms with Crippen LogP contribution in [0.3, 0.4) is 0 Å². The average molecular weight is 372 g/mol. The molecule has 140 valence electrons. The van der Waals surface area contributed by atoms with Gasteiger partial charge in [-0.15, -0.1) is 5.10 Å². The van der Waals surface area contributed by atoms with Crippen LogP contribution in [0, 0.1) is 0 Å². The summed E-state index contributed by atoms with van der Waals surface area (Å²) in [7, 11) is 0. The fourth-order valence-corrected chi connectivity index (χ4v) is 3.84. The molecular weight excluding hydrogens is 352 g/mol. The highest BCUT2D eigenvalue weighted by Gasteiger charge is 2.26. The zero-order valence-corrected chi connectivity index (χ0v) is 15.3. The summed E-state index contributed by atoms with van der Waals surface area (Å²) in [5, 5.41) is 11.2. The van der Waals surface area contributed by atoms with Crippen molar-refractivity contribution in [3.05, 3.63) is 66.5 Å². The van der Waals surface area contributed by atoms with Gasteiger partial charge in [0.05, 0.1) is 11.8 Å².